The van der Waals surface area contributed by atoms with Crippen molar-refractivity contribution in [2.75, 3.05) is 0 Å². The van der Waals surface area contributed by atoms with Gasteiger partial charge >= 0.3 is 0 Å². The van der Waals surface area contributed by atoms with Crippen LogP contribution < -0.4 is 0 Å². The van der Waals surface area contributed by atoms with Gasteiger partial charge in [-0.1, -0.05) is 71.0 Å². The zero-order chi connectivity index (χ0) is 9.23. The maximum absolute atomic E-state index is 2.51. The van der Waals surface area contributed by atoms with Gasteiger partial charge in [0.25, 0.3) is 0 Å². The second kappa shape index (κ2) is 9.31. The third kappa shape index (κ3) is 8.31. The zero-order valence-corrected chi connectivity index (χ0v) is 10.2. The molecule has 0 unspecified atom stereocenters. The largest absolute Gasteiger partial charge is 0.0711 e. The van der Waals surface area contributed by atoms with E-state index >= 15 is 0 Å². The van der Waals surface area contributed by atoms with Gasteiger partial charge in [0.05, 0.1) is 0 Å². The molecule has 1 heteroatoms. The van der Waals surface area contributed by atoms with Crippen molar-refractivity contribution in [1.82, 2.24) is 0 Å². The molecule has 0 aromatic heterocycles. The summed E-state index contributed by atoms with van der Waals surface area (Å²) in [5.74, 6) is 0. The fourth-order valence-electron chi connectivity index (χ4n) is 1.48. The molecule has 0 atom stereocenters. The first-order valence-electron chi connectivity index (χ1n) is 5.62. The van der Waals surface area contributed by atoms with E-state index in [1.807, 2.05) is 0 Å². The molecular weight excluding hydrogens is 160 g/mol. The molecule has 0 fully saturated rings. The molecule has 1 radical (unpaired) electrons. The van der Waals surface area contributed by atoms with E-state index < -0.39 is 0 Å². The molecule has 0 aliphatic heterocycles. The first kappa shape index (κ1) is 12.2. The van der Waals surface area contributed by atoms with Crippen molar-refractivity contribution < 1.29 is 0 Å². The molecule has 0 N–H and O–H groups in total. The third-order valence-electron chi connectivity index (χ3n) is 2.41. The van der Waals surface area contributed by atoms with Gasteiger partial charge in [-0.2, -0.15) is 0 Å². The predicted octanol–water partition coefficient (Wildman–Crippen LogP) is 4.49. The van der Waals surface area contributed by atoms with Crippen LogP contribution in [-0.4, -0.2) is 8.80 Å². The Morgan fingerprint density at radius 3 is 1.50 bits per heavy atom. The van der Waals surface area contributed by atoms with E-state index in [1.165, 1.54) is 38.5 Å². The lowest BCUT2D eigenvalue weighted by molar-refractivity contribution is 0.746. The average molecular weight is 185 g/mol. The maximum atomic E-state index is 2.51. The first-order valence-corrected chi connectivity index (χ1v) is 8.04. The highest BCUT2D eigenvalue weighted by atomic mass is 28.3. The van der Waals surface area contributed by atoms with Gasteiger partial charge in [0.2, 0.25) is 0 Å². The molecular formula is C11H25Si. The molecule has 0 rings (SSSR count). The van der Waals surface area contributed by atoms with E-state index in [4.69, 9.17) is 0 Å². The smallest absolute Gasteiger partial charge is 0.0446 e. The first-order chi connectivity index (χ1) is 5.81. The van der Waals surface area contributed by atoms with Gasteiger partial charge in [0, 0.05) is 8.80 Å². The normalized spacial score (nSPS) is 11.0. The Morgan fingerprint density at radius 2 is 1.17 bits per heavy atom. The molecule has 0 spiro atoms. The van der Waals surface area contributed by atoms with Crippen LogP contribution in [0.4, 0.5) is 0 Å². The van der Waals surface area contributed by atoms with Gasteiger partial charge < -0.3 is 0 Å². The van der Waals surface area contributed by atoms with E-state index in [2.05, 4.69) is 20.4 Å². The SMILES string of the molecule is CCCCC[Si](C)CCCCC. The van der Waals surface area contributed by atoms with Crippen molar-refractivity contribution in [3.63, 3.8) is 0 Å². The minimum absolute atomic E-state index is 0.0654. The van der Waals surface area contributed by atoms with Crippen molar-refractivity contribution in [3.8, 4) is 0 Å². The average Bonchev–Trinajstić information content (AvgIpc) is 2.06. The Bertz CT molecular complexity index is 71.1. The molecule has 0 heterocycles. The summed E-state index contributed by atoms with van der Waals surface area (Å²) in [5.41, 5.74) is 0. The Labute approximate surface area is 80.4 Å². The van der Waals surface area contributed by atoms with E-state index in [9.17, 15) is 0 Å². The van der Waals surface area contributed by atoms with Crippen LogP contribution in [0.1, 0.15) is 52.4 Å². The molecule has 0 aromatic rings. The van der Waals surface area contributed by atoms with Gasteiger partial charge in [-0.15, -0.1) is 0 Å². The van der Waals surface area contributed by atoms with Crippen molar-refractivity contribution in [1.29, 1.82) is 0 Å². The Kier molecular flexibility index (Phi) is 9.47. The number of rotatable bonds is 8. The number of hydrogen-bond acceptors (Lipinski definition) is 0. The Hall–Kier alpha value is 0.217. The van der Waals surface area contributed by atoms with Crippen LogP contribution >= 0.6 is 0 Å². The fourth-order valence-corrected chi connectivity index (χ4v) is 3.44. The summed E-state index contributed by atoms with van der Waals surface area (Å²) in [7, 11) is 0.0654. The van der Waals surface area contributed by atoms with Gasteiger partial charge in [-0.25, -0.2) is 0 Å². The lowest BCUT2D eigenvalue weighted by Crippen LogP contribution is -2.05. The molecule has 0 saturated carbocycles. The summed E-state index contributed by atoms with van der Waals surface area (Å²) in [4.78, 5) is 0. The molecule has 0 aliphatic carbocycles. The molecule has 0 bridgehead atoms. The highest BCUT2D eigenvalue weighted by Gasteiger charge is 2.02. The molecule has 0 aromatic carbocycles. The second-order valence-electron chi connectivity index (χ2n) is 3.87. The van der Waals surface area contributed by atoms with Gasteiger partial charge in [0.15, 0.2) is 0 Å². The summed E-state index contributed by atoms with van der Waals surface area (Å²) >= 11 is 0. The Morgan fingerprint density at radius 1 is 0.750 bits per heavy atom. The van der Waals surface area contributed by atoms with Crippen LogP contribution in [0.25, 0.3) is 0 Å². The van der Waals surface area contributed by atoms with Crippen LogP contribution in [-0.2, 0) is 0 Å². The maximum Gasteiger partial charge on any atom is 0.0446 e. The lowest BCUT2D eigenvalue weighted by Gasteiger charge is -2.07. The number of unbranched alkanes of at least 4 members (excludes halogenated alkanes) is 4. The van der Waals surface area contributed by atoms with E-state index in [0.29, 0.717) is 0 Å². The molecule has 73 valence electrons. The van der Waals surface area contributed by atoms with Crippen LogP contribution in [0.5, 0.6) is 0 Å². The fraction of sp³-hybridized carbons (Fsp3) is 1.00. The summed E-state index contributed by atoms with van der Waals surface area (Å²) < 4.78 is 0. The minimum atomic E-state index is 0.0654. The highest BCUT2D eigenvalue weighted by molar-refractivity contribution is 6.57. The minimum Gasteiger partial charge on any atom is -0.0711 e. The standard InChI is InChI=1S/C11H25Si/c1-4-6-8-10-12(3)11-9-7-5-2/h4-11H2,1-3H3. The highest BCUT2D eigenvalue weighted by Crippen LogP contribution is 2.11. The Balaban J connectivity index is 3.04. The number of hydrogen-bond donors (Lipinski definition) is 0. The van der Waals surface area contributed by atoms with Crippen LogP contribution in [0, 0.1) is 0 Å². The van der Waals surface area contributed by atoms with E-state index in [1.54, 1.807) is 12.1 Å². The van der Waals surface area contributed by atoms with Gasteiger partial charge in [-0.3, -0.25) is 0 Å². The summed E-state index contributed by atoms with van der Waals surface area (Å²) in [6, 6.07) is 3.12. The topological polar surface area (TPSA) is 0 Å². The van der Waals surface area contributed by atoms with E-state index in [-0.39, 0.29) is 8.80 Å². The van der Waals surface area contributed by atoms with Crippen LogP contribution in [0.3, 0.4) is 0 Å². The molecule has 12 heavy (non-hydrogen) atoms. The molecule has 0 amide bonds. The lowest BCUT2D eigenvalue weighted by atomic mass is 10.3. The zero-order valence-electron chi connectivity index (χ0n) is 9.16. The third-order valence-corrected chi connectivity index (χ3v) is 4.83. The molecule has 0 nitrogen and oxygen atoms in total. The van der Waals surface area contributed by atoms with Crippen LogP contribution in [0.15, 0.2) is 0 Å². The van der Waals surface area contributed by atoms with Gasteiger partial charge in [-0.05, 0) is 0 Å². The van der Waals surface area contributed by atoms with Crippen LogP contribution in [0.2, 0.25) is 18.6 Å². The second-order valence-corrected chi connectivity index (χ2v) is 6.79. The summed E-state index contributed by atoms with van der Waals surface area (Å²) in [6.07, 6.45) is 8.65. The monoisotopic (exact) mass is 185 g/mol. The quantitative estimate of drug-likeness (QED) is 0.386. The van der Waals surface area contributed by atoms with E-state index in [0.717, 1.165) is 0 Å². The van der Waals surface area contributed by atoms with Gasteiger partial charge in [0.1, 0.15) is 0 Å². The molecule has 0 aliphatic rings. The summed E-state index contributed by atoms with van der Waals surface area (Å²) in [5, 5.41) is 0. The van der Waals surface area contributed by atoms with Crippen molar-refractivity contribution in [2.45, 2.75) is 71.0 Å². The predicted molar refractivity (Wildman–Crippen MR) is 60.3 cm³/mol. The van der Waals surface area contributed by atoms with Crippen molar-refractivity contribution in [2.24, 2.45) is 0 Å². The summed E-state index contributed by atoms with van der Waals surface area (Å²) in [6.45, 7) is 7.09. The van der Waals surface area contributed by atoms with Crippen molar-refractivity contribution >= 4 is 8.80 Å². The van der Waals surface area contributed by atoms with Crippen molar-refractivity contribution in [3.05, 3.63) is 0 Å². The molecule has 0 saturated heterocycles.